The summed E-state index contributed by atoms with van der Waals surface area (Å²) in [5.74, 6) is 2.45. The maximum Gasteiger partial charge on any atom is 0.160 e. The van der Waals surface area contributed by atoms with E-state index in [-0.39, 0.29) is 0 Å². The van der Waals surface area contributed by atoms with Crippen molar-refractivity contribution in [1.29, 1.82) is 0 Å². The predicted molar refractivity (Wildman–Crippen MR) is 121 cm³/mol. The Hall–Kier alpha value is -3.36. The Morgan fingerprint density at radius 3 is 2.67 bits per heavy atom. The molecule has 0 amide bonds. The Morgan fingerprint density at radius 1 is 1.00 bits per heavy atom. The zero-order chi connectivity index (χ0) is 20.5. The van der Waals surface area contributed by atoms with E-state index < -0.39 is 0 Å². The smallest absolute Gasteiger partial charge is 0.160 e. The molecule has 0 fully saturated rings. The van der Waals surface area contributed by atoms with Crippen LogP contribution in [-0.2, 0) is 13.1 Å². The fourth-order valence-electron chi connectivity index (χ4n) is 3.47. The first-order valence-electron chi connectivity index (χ1n) is 9.70. The topological polar surface area (TPSA) is 71.2 Å². The number of anilines is 1. The minimum absolute atomic E-state index is 0.517. The Kier molecular flexibility index (Phi) is 4.86. The molecule has 0 aliphatic carbocycles. The maximum absolute atomic E-state index is 4.86. The van der Waals surface area contributed by atoms with Crippen LogP contribution in [0.1, 0.15) is 11.6 Å². The van der Waals surface area contributed by atoms with Crippen molar-refractivity contribution in [1.82, 2.24) is 29.5 Å². The number of hydrogen-bond acceptors (Lipinski definition) is 7. The van der Waals surface area contributed by atoms with Gasteiger partial charge >= 0.3 is 0 Å². The molecule has 0 spiro atoms. The second kappa shape index (κ2) is 7.81. The Labute approximate surface area is 178 Å². The quantitative estimate of drug-likeness (QED) is 0.451. The van der Waals surface area contributed by atoms with E-state index in [0.29, 0.717) is 13.1 Å². The average molecular weight is 416 g/mol. The predicted octanol–water partition coefficient (Wildman–Crippen LogP) is 4.07. The van der Waals surface area contributed by atoms with Crippen LogP contribution in [0.4, 0.5) is 5.82 Å². The standard InChI is InChI=1S/C22H21N7S/c1-28(2)13-17-24-21(23-12-19-27-26-18-10-6-7-11-29(18)19)20-16(14-30-22(20)25-17)15-8-4-3-5-9-15/h3-11,14H,12-13H2,1-2H3,(H,23,24,25). The van der Waals surface area contributed by atoms with E-state index in [1.165, 1.54) is 0 Å². The average Bonchev–Trinajstić information content (AvgIpc) is 3.36. The van der Waals surface area contributed by atoms with Crippen molar-refractivity contribution in [3.63, 3.8) is 0 Å². The number of rotatable bonds is 6. The summed E-state index contributed by atoms with van der Waals surface area (Å²) in [6.45, 7) is 1.19. The van der Waals surface area contributed by atoms with E-state index in [2.05, 4.69) is 50.1 Å². The molecule has 0 aliphatic rings. The molecule has 0 saturated carbocycles. The van der Waals surface area contributed by atoms with Crippen LogP contribution in [0.2, 0.25) is 0 Å². The Bertz CT molecular complexity index is 1310. The fraction of sp³-hybridized carbons (Fsp3) is 0.182. The molecule has 30 heavy (non-hydrogen) atoms. The summed E-state index contributed by atoms with van der Waals surface area (Å²) in [4.78, 5) is 12.7. The van der Waals surface area contributed by atoms with E-state index in [4.69, 9.17) is 9.97 Å². The third kappa shape index (κ3) is 3.51. The third-order valence-corrected chi connectivity index (χ3v) is 5.69. The molecular formula is C22H21N7S. The van der Waals surface area contributed by atoms with E-state index in [9.17, 15) is 0 Å². The van der Waals surface area contributed by atoms with Crippen molar-refractivity contribution in [2.75, 3.05) is 19.4 Å². The summed E-state index contributed by atoms with van der Waals surface area (Å²) >= 11 is 1.65. The zero-order valence-electron chi connectivity index (χ0n) is 16.8. The minimum atomic E-state index is 0.517. The first-order valence-corrected chi connectivity index (χ1v) is 10.6. The molecule has 0 atom stereocenters. The van der Waals surface area contributed by atoms with Gasteiger partial charge in [-0.05, 0) is 31.8 Å². The number of fused-ring (bicyclic) bond motifs is 2. The number of nitrogens with one attached hydrogen (secondary N) is 1. The molecule has 5 rings (SSSR count). The lowest BCUT2D eigenvalue weighted by Crippen LogP contribution is -2.15. The molecule has 0 radical (unpaired) electrons. The number of nitrogens with zero attached hydrogens (tertiary/aromatic N) is 6. The Morgan fingerprint density at radius 2 is 1.83 bits per heavy atom. The molecule has 7 nitrogen and oxygen atoms in total. The summed E-state index contributed by atoms with van der Waals surface area (Å²) in [6, 6.07) is 16.2. The van der Waals surface area contributed by atoms with Crippen LogP contribution < -0.4 is 5.32 Å². The highest BCUT2D eigenvalue weighted by molar-refractivity contribution is 7.17. The van der Waals surface area contributed by atoms with E-state index in [1.807, 2.05) is 49.0 Å². The van der Waals surface area contributed by atoms with Gasteiger partial charge in [-0.2, -0.15) is 0 Å². The SMILES string of the molecule is CN(C)Cc1nc(NCc2nnc3ccccn23)c2c(-c3ccccc3)csc2n1. The lowest BCUT2D eigenvalue weighted by Gasteiger charge is -2.12. The zero-order valence-corrected chi connectivity index (χ0v) is 17.6. The van der Waals surface area contributed by atoms with E-state index >= 15 is 0 Å². The van der Waals surface area contributed by atoms with Gasteiger partial charge in [0.2, 0.25) is 0 Å². The minimum Gasteiger partial charge on any atom is -0.362 e. The van der Waals surface area contributed by atoms with Gasteiger partial charge in [0.05, 0.1) is 18.5 Å². The van der Waals surface area contributed by atoms with Gasteiger partial charge < -0.3 is 10.2 Å². The van der Waals surface area contributed by atoms with Crippen LogP contribution in [0.25, 0.3) is 27.0 Å². The van der Waals surface area contributed by atoms with Crippen LogP contribution in [-0.4, -0.2) is 43.6 Å². The van der Waals surface area contributed by atoms with Gasteiger partial charge in [0.1, 0.15) is 16.5 Å². The van der Waals surface area contributed by atoms with Crippen molar-refractivity contribution in [2.24, 2.45) is 0 Å². The van der Waals surface area contributed by atoms with Crippen LogP contribution in [0.15, 0.2) is 60.1 Å². The molecule has 0 unspecified atom stereocenters. The number of thiophene rings is 1. The number of hydrogen-bond donors (Lipinski definition) is 1. The van der Waals surface area contributed by atoms with Crippen molar-refractivity contribution in [3.05, 3.63) is 71.8 Å². The van der Waals surface area contributed by atoms with Crippen LogP contribution in [0.5, 0.6) is 0 Å². The van der Waals surface area contributed by atoms with E-state index in [0.717, 1.165) is 44.5 Å². The molecule has 4 aromatic heterocycles. The summed E-state index contributed by atoms with van der Waals surface area (Å²) < 4.78 is 1.98. The highest BCUT2D eigenvalue weighted by atomic mass is 32.1. The maximum atomic E-state index is 4.86. The lowest BCUT2D eigenvalue weighted by molar-refractivity contribution is 0.391. The summed E-state index contributed by atoms with van der Waals surface area (Å²) in [7, 11) is 4.04. The van der Waals surface area contributed by atoms with Gasteiger partial charge in [-0.25, -0.2) is 9.97 Å². The second-order valence-corrected chi connectivity index (χ2v) is 8.18. The van der Waals surface area contributed by atoms with Crippen molar-refractivity contribution in [2.45, 2.75) is 13.1 Å². The normalized spacial score (nSPS) is 11.6. The van der Waals surface area contributed by atoms with Gasteiger partial charge in [-0.15, -0.1) is 21.5 Å². The molecule has 0 bridgehead atoms. The van der Waals surface area contributed by atoms with Crippen molar-refractivity contribution in [3.8, 4) is 11.1 Å². The highest BCUT2D eigenvalue weighted by Gasteiger charge is 2.16. The van der Waals surface area contributed by atoms with Crippen LogP contribution in [0, 0.1) is 0 Å². The number of benzene rings is 1. The molecule has 0 saturated heterocycles. The molecule has 8 heteroatoms. The number of aromatic nitrogens is 5. The second-order valence-electron chi connectivity index (χ2n) is 7.32. The van der Waals surface area contributed by atoms with Gasteiger partial charge in [0, 0.05) is 17.1 Å². The molecule has 4 heterocycles. The monoisotopic (exact) mass is 415 g/mol. The lowest BCUT2D eigenvalue weighted by atomic mass is 10.1. The first kappa shape index (κ1) is 18.7. The fourth-order valence-corrected chi connectivity index (χ4v) is 4.44. The molecule has 1 N–H and O–H groups in total. The highest BCUT2D eigenvalue weighted by Crippen LogP contribution is 2.37. The van der Waals surface area contributed by atoms with Gasteiger partial charge in [0.25, 0.3) is 0 Å². The Balaban J connectivity index is 1.58. The number of pyridine rings is 1. The summed E-state index contributed by atoms with van der Waals surface area (Å²) in [6.07, 6.45) is 1.97. The largest absolute Gasteiger partial charge is 0.362 e. The van der Waals surface area contributed by atoms with Crippen LogP contribution >= 0.6 is 11.3 Å². The van der Waals surface area contributed by atoms with Gasteiger partial charge in [0.15, 0.2) is 11.5 Å². The molecule has 1 aromatic carbocycles. The first-order chi connectivity index (χ1) is 14.7. The molecule has 5 aromatic rings. The molecular weight excluding hydrogens is 394 g/mol. The van der Waals surface area contributed by atoms with Crippen LogP contribution in [0.3, 0.4) is 0 Å². The van der Waals surface area contributed by atoms with E-state index in [1.54, 1.807) is 11.3 Å². The van der Waals surface area contributed by atoms with Gasteiger partial charge in [-0.3, -0.25) is 4.40 Å². The van der Waals surface area contributed by atoms with Crippen molar-refractivity contribution >= 4 is 33.0 Å². The van der Waals surface area contributed by atoms with Crippen molar-refractivity contribution < 1.29 is 0 Å². The van der Waals surface area contributed by atoms with Gasteiger partial charge in [-0.1, -0.05) is 36.4 Å². The summed E-state index contributed by atoms with van der Waals surface area (Å²) in [5.41, 5.74) is 3.13. The molecule has 0 aliphatic heterocycles. The molecule has 150 valence electrons. The third-order valence-electron chi connectivity index (χ3n) is 4.82. The summed E-state index contributed by atoms with van der Waals surface area (Å²) in [5, 5.41) is 15.3.